The third-order valence-electron chi connectivity index (χ3n) is 7.36. The quantitative estimate of drug-likeness (QED) is 0.294. The average molecular weight is 419 g/mol. The molecule has 0 aliphatic heterocycles. The van der Waals surface area contributed by atoms with Gasteiger partial charge in [0, 0.05) is 27.8 Å². The molecule has 2 N–H and O–H groups in total. The molecule has 2 atom stereocenters. The van der Waals surface area contributed by atoms with E-state index in [0.29, 0.717) is 11.8 Å². The second-order valence-corrected chi connectivity index (χ2v) is 9.48. The van der Waals surface area contributed by atoms with E-state index in [1.165, 1.54) is 82.8 Å². The summed E-state index contributed by atoms with van der Waals surface area (Å²) in [5.74, 6) is 1.21. The van der Waals surface area contributed by atoms with E-state index in [2.05, 4.69) is 94.9 Å². The standard InChI is InChI=1S/C30H30N2/c1-2-9-21(17-23(10-3-1)29-19-25-11-4-6-15-27(25)31-29)22-13-8-14-24(18-22)30-20-26-12-5-7-16-28(26)32-30/h4-8,11-16,18-21,23,31-32H,1-3,9-10,17H2. The van der Waals surface area contributed by atoms with Gasteiger partial charge >= 0.3 is 0 Å². The first-order valence-electron chi connectivity index (χ1n) is 12.1. The van der Waals surface area contributed by atoms with E-state index >= 15 is 0 Å². The zero-order valence-corrected chi connectivity index (χ0v) is 18.5. The number of aromatic amines is 2. The molecular weight excluding hydrogens is 388 g/mol. The summed E-state index contributed by atoms with van der Waals surface area (Å²) in [5, 5.41) is 2.61. The summed E-state index contributed by atoms with van der Waals surface area (Å²) < 4.78 is 0. The van der Waals surface area contributed by atoms with Gasteiger partial charge in [-0.05, 0) is 77.9 Å². The number of nitrogens with one attached hydrogen (secondary N) is 2. The van der Waals surface area contributed by atoms with Crippen molar-refractivity contribution in [2.75, 3.05) is 0 Å². The Kier molecular flexibility index (Phi) is 5.07. The molecule has 0 radical (unpaired) electrons. The van der Waals surface area contributed by atoms with Gasteiger partial charge in [-0.2, -0.15) is 0 Å². The van der Waals surface area contributed by atoms with Crippen LogP contribution in [0.5, 0.6) is 0 Å². The van der Waals surface area contributed by atoms with Crippen molar-refractivity contribution in [1.29, 1.82) is 0 Å². The maximum atomic E-state index is 3.73. The molecule has 1 aliphatic carbocycles. The van der Waals surface area contributed by atoms with Gasteiger partial charge in [0.1, 0.15) is 0 Å². The Morgan fingerprint density at radius 1 is 0.594 bits per heavy atom. The van der Waals surface area contributed by atoms with Crippen molar-refractivity contribution in [2.45, 2.75) is 50.4 Å². The summed E-state index contributed by atoms with van der Waals surface area (Å²) >= 11 is 0. The lowest BCUT2D eigenvalue weighted by molar-refractivity contribution is 0.410. The topological polar surface area (TPSA) is 31.6 Å². The molecule has 2 heterocycles. The highest BCUT2D eigenvalue weighted by molar-refractivity contribution is 5.85. The van der Waals surface area contributed by atoms with Crippen molar-refractivity contribution in [3.63, 3.8) is 0 Å². The number of hydrogen-bond acceptors (Lipinski definition) is 0. The first kappa shape index (κ1) is 19.4. The van der Waals surface area contributed by atoms with Crippen LogP contribution in [0.4, 0.5) is 0 Å². The normalized spacial score (nSPS) is 19.8. The van der Waals surface area contributed by atoms with E-state index in [0.717, 1.165) is 0 Å². The lowest BCUT2D eigenvalue weighted by atomic mass is 9.79. The van der Waals surface area contributed by atoms with E-state index < -0.39 is 0 Å². The fraction of sp³-hybridized carbons (Fsp3) is 0.267. The fourth-order valence-corrected chi connectivity index (χ4v) is 5.63. The van der Waals surface area contributed by atoms with Crippen LogP contribution in [0.25, 0.3) is 33.1 Å². The minimum atomic E-state index is 0.601. The Bertz CT molecular complexity index is 1290. The van der Waals surface area contributed by atoms with Gasteiger partial charge in [-0.15, -0.1) is 0 Å². The molecule has 2 unspecified atom stereocenters. The molecular formula is C30H30N2. The van der Waals surface area contributed by atoms with Crippen LogP contribution in [0, 0.1) is 0 Å². The molecule has 1 fully saturated rings. The van der Waals surface area contributed by atoms with Crippen molar-refractivity contribution in [1.82, 2.24) is 9.97 Å². The average Bonchev–Trinajstić information content (AvgIpc) is 3.43. The van der Waals surface area contributed by atoms with Gasteiger partial charge in [0.2, 0.25) is 0 Å². The van der Waals surface area contributed by atoms with E-state index in [-0.39, 0.29) is 0 Å². The van der Waals surface area contributed by atoms with Crippen molar-refractivity contribution < 1.29 is 0 Å². The molecule has 1 aliphatic rings. The first-order chi connectivity index (χ1) is 15.8. The number of para-hydroxylation sites is 2. The lowest BCUT2D eigenvalue weighted by Gasteiger charge is -2.26. The highest BCUT2D eigenvalue weighted by Gasteiger charge is 2.23. The summed E-state index contributed by atoms with van der Waals surface area (Å²) in [7, 11) is 0. The summed E-state index contributed by atoms with van der Waals surface area (Å²) in [5.41, 5.74) is 7.89. The van der Waals surface area contributed by atoms with Crippen molar-refractivity contribution in [3.8, 4) is 11.3 Å². The van der Waals surface area contributed by atoms with Crippen LogP contribution >= 0.6 is 0 Å². The molecule has 0 saturated heterocycles. The van der Waals surface area contributed by atoms with E-state index in [9.17, 15) is 0 Å². The number of benzene rings is 3. The molecule has 1 saturated carbocycles. The predicted molar refractivity (Wildman–Crippen MR) is 135 cm³/mol. The molecule has 0 bridgehead atoms. The summed E-state index contributed by atoms with van der Waals surface area (Å²) in [4.78, 5) is 7.34. The second kappa shape index (κ2) is 8.35. The first-order valence-corrected chi connectivity index (χ1v) is 12.1. The van der Waals surface area contributed by atoms with Crippen LogP contribution in [0.2, 0.25) is 0 Å². The van der Waals surface area contributed by atoms with E-state index in [4.69, 9.17) is 0 Å². The number of H-pyrrole nitrogens is 2. The van der Waals surface area contributed by atoms with Gasteiger partial charge in [0.25, 0.3) is 0 Å². The SMILES string of the molecule is c1cc(-c2cc3ccccc3[nH]2)cc(C2CCCCCC(c3cc4ccccc4[nH]3)C2)c1. The molecule has 0 spiro atoms. The molecule has 2 heteroatoms. The van der Waals surface area contributed by atoms with E-state index in [1.807, 2.05) is 0 Å². The maximum Gasteiger partial charge on any atom is 0.0464 e. The Balaban J connectivity index is 1.31. The lowest BCUT2D eigenvalue weighted by Crippen LogP contribution is -2.10. The highest BCUT2D eigenvalue weighted by Crippen LogP contribution is 2.40. The zero-order chi connectivity index (χ0) is 21.3. The van der Waals surface area contributed by atoms with Crippen molar-refractivity contribution >= 4 is 21.8 Å². The number of aromatic nitrogens is 2. The third kappa shape index (κ3) is 3.75. The minimum absolute atomic E-state index is 0.601. The third-order valence-corrected chi connectivity index (χ3v) is 7.36. The minimum Gasteiger partial charge on any atom is -0.358 e. The number of fused-ring (bicyclic) bond motifs is 2. The fourth-order valence-electron chi connectivity index (χ4n) is 5.63. The summed E-state index contributed by atoms with van der Waals surface area (Å²) in [6.07, 6.45) is 7.80. The molecule has 6 rings (SSSR count). The number of rotatable bonds is 3. The maximum absolute atomic E-state index is 3.73. The molecule has 0 amide bonds. The Labute approximate surface area is 189 Å². The number of hydrogen-bond donors (Lipinski definition) is 2. The van der Waals surface area contributed by atoms with Gasteiger partial charge < -0.3 is 9.97 Å². The van der Waals surface area contributed by atoms with Crippen LogP contribution in [-0.2, 0) is 0 Å². The van der Waals surface area contributed by atoms with Gasteiger partial charge in [0.15, 0.2) is 0 Å². The van der Waals surface area contributed by atoms with Crippen molar-refractivity contribution in [3.05, 3.63) is 96.2 Å². The monoisotopic (exact) mass is 418 g/mol. The molecule has 5 aromatic rings. The van der Waals surface area contributed by atoms with E-state index in [1.54, 1.807) is 0 Å². The van der Waals surface area contributed by atoms with Crippen molar-refractivity contribution in [2.24, 2.45) is 0 Å². The largest absolute Gasteiger partial charge is 0.358 e. The van der Waals surface area contributed by atoms with Crippen LogP contribution in [0.3, 0.4) is 0 Å². The summed E-state index contributed by atoms with van der Waals surface area (Å²) in [6, 6.07) is 31.1. The molecule has 160 valence electrons. The predicted octanol–water partition coefficient (Wildman–Crippen LogP) is 8.54. The Morgan fingerprint density at radius 2 is 1.31 bits per heavy atom. The van der Waals surface area contributed by atoms with Gasteiger partial charge in [0.05, 0.1) is 0 Å². The zero-order valence-electron chi connectivity index (χ0n) is 18.5. The van der Waals surface area contributed by atoms with Gasteiger partial charge in [-0.25, -0.2) is 0 Å². The molecule has 32 heavy (non-hydrogen) atoms. The second-order valence-electron chi connectivity index (χ2n) is 9.48. The van der Waals surface area contributed by atoms with Crippen LogP contribution in [-0.4, -0.2) is 9.97 Å². The van der Waals surface area contributed by atoms with Crippen LogP contribution in [0.1, 0.15) is 61.6 Å². The Morgan fingerprint density at radius 3 is 2.09 bits per heavy atom. The summed E-state index contributed by atoms with van der Waals surface area (Å²) in [6.45, 7) is 0. The molecule has 2 aromatic heterocycles. The molecule has 3 aromatic carbocycles. The smallest absolute Gasteiger partial charge is 0.0464 e. The van der Waals surface area contributed by atoms with Gasteiger partial charge in [-0.3, -0.25) is 0 Å². The van der Waals surface area contributed by atoms with Gasteiger partial charge in [-0.1, -0.05) is 73.9 Å². The van der Waals surface area contributed by atoms with Crippen LogP contribution in [0.15, 0.2) is 84.9 Å². The Hall–Kier alpha value is -3.26. The molecule has 2 nitrogen and oxygen atoms in total. The van der Waals surface area contributed by atoms with Crippen LogP contribution < -0.4 is 0 Å². The highest BCUT2D eigenvalue weighted by atomic mass is 14.7.